The van der Waals surface area contributed by atoms with Crippen LogP contribution >= 0.6 is 15.9 Å². The molecular formula is C16H28BrN3O. The largest absolute Gasteiger partial charge is 0.377 e. The van der Waals surface area contributed by atoms with E-state index in [-0.39, 0.29) is 11.6 Å². The van der Waals surface area contributed by atoms with Crippen LogP contribution in [0.4, 0.5) is 0 Å². The first kappa shape index (κ1) is 17.0. The van der Waals surface area contributed by atoms with Crippen molar-refractivity contribution in [2.45, 2.75) is 69.9 Å². The van der Waals surface area contributed by atoms with Crippen molar-refractivity contribution in [3.05, 3.63) is 15.9 Å². The molecule has 2 N–H and O–H groups in total. The quantitative estimate of drug-likeness (QED) is 0.822. The van der Waals surface area contributed by atoms with E-state index in [1.807, 2.05) is 18.8 Å². The zero-order chi connectivity index (χ0) is 15.5. The van der Waals surface area contributed by atoms with E-state index >= 15 is 0 Å². The van der Waals surface area contributed by atoms with Gasteiger partial charge >= 0.3 is 0 Å². The van der Waals surface area contributed by atoms with Gasteiger partial charge in [0.1, 0.15) is 0 Å². The number of halogens is 1. The van der Waals surface area contributed by atoms with Crippen LogP contribution in [0.25, 0.3) is 0 Å². The molecule has 1 fully saturated rings. The van der Waals surface area contributed by atoms with Crippen molar-refractivity contribution >= 4 is 15.9 Å². The Balaban J connectivity index is 2.19. The molecule has 1 aliphatic carbocycles. The van der Waals surface area contributed by atoms with E-state index in [1.165, 1.54) is 31.4 Å². The Morgan fingerprint density at radius 1 is 1.33 bits per heavy atom. The summed E-state index contributed by atoms with van der Waals surface area (Å²) < 4.78 is 9.01. The highest BCUT2D eigenvalue weighted by molar-refractivity contribution is 9.10. The Morgan fingerprint density at radius 3 is 2.43 bits per heavy atom. The smallest absolute Gasteiger partial charge is 0.0832 e. The molecule has 0 amide bonds. The van der Waals surface area contributed by atoms with Gasteiger partial charge in [-0.05, 0) is 35.2 Å². The molecule has 21 heavy (non-hydrogen) atoms. The third-order valence-corrected chi connectivity index (χ3v) is 5.86. The van der Waals surface area contributed by atoms with E-state index < -0.39 is 0 Å². The number of rotatable bonds is 5. The zero-order valence-corrected chi connectivity index (χ0v) is 15.1. The number of methoxy groups -OCH3 is 1. The molecule has 4 nitrogen and oxygen atoms in total. The van der Waals surface area contributed by atoms with Crippen LogP contribution in [0.15, 0.2) is 4.47 Å². The van der Waals surface area contributed by atoms with Crippen molar-refractivity contribution < 1.29 is 4.74 Å². The van der Waals surface area contributed by atoms with Crippen LogP contribution in [0.5, 0.6) is 0 Å². The fourth-order valence-corrected chi connectivity index (χ4v) is 4.27. The summed E-state index contributed by atoms with van der Waals surface area (Å²) in [5.41, 5.74) is 8.71. The van der Waals surface area contributed by atoms with E-state index in [4.69, 9.17) is 10.5 Å². The van der Waals surface area contributed by atoms with Gasteiger partial charge in [0.05, 0.1) is 21.5 Å². The van der Waals surface area contributed by atoms with Crippen molar-refractivity contribution in [2.24, 2.45) is 12.8 Å². The third kappa shape index (κ3) is 3.51. The van der Waals surface area contributed by atoms with Crippen molar-refractivity contribution in [3.63, 3.8) is 0 Å². The summed E-state index contributed by atoms with van der Waals surface area (Å²) in [5.74, 6) is 0. The summed E-state index contributed by atoms with van der Waals surface area (Å²) in [6, 6.07) is 0.0111. The number of hydrogen-bond acceptors (Lipinski definition) is 3. The first-order chi connectivity index (χ1) is 10.0. The minimum absolute atomic E-state index is 0.0111. The maximum absolute atomic E-state index is 6.60. The minimum Gasteiger partial charge on any atom is -0.377 e. The van der Waals surface area contributed by atoms with Gasteiger partial charge in [-0.1, -0.05) is 32.6 Å². The molecule has 1 aromatic heterocycles. The van der Waals surface area contributed by atoms with Gasteiger partial charge in [-0.15, -0.1) is 0 Å². The monoisotopic (exact) mass is 357 g/mol. The predicted octanol–water partition coefficient (Wildman–Crippen LogP) is 3.35. The summed E-state index contributed by atoms with van der Waals surface area (Å²) in [5, 5.41) is 4.57. The Kier molecular flexibility index (Phi) is 5.86. The van der Waals surface area contributed by atoms with Gasteiger partial charge in [0.15, 0.2) is 0 Å². The van der Waals surface area contributed by atoms with Crippen molar-refractivity contribution in [2.75, 3.05) is 7.11 Å². The predicted molar refractivity (Wildman–Crippen MR) is 89.4 cm³/mol. The number of ether oxygens (including phenoxy) is 1. The summed E-state index contributed by atoms with van der Waals surface area (Å²) in [6.45, 7) is 2.12. The van der Waals surface area contributed by atoms with Gasteiger partial charge in [0.2, 0.25) is 0 Å². The maximum Gasteiger partial charge on any atom is 0.0832 e. The minimum atomic E-state index is -0.174. The van der Waals surface area contributed by atoms with Crippen LogP contribution in [0, 0.1) is 0 Å². The fraction of sp³-hybridized carbons (Fsp3) is 0.812. The molecule has 0 spiro atoms. The SMILES string of the molecule is CCc1nn(C)c(CC(N)C2(OC)CCCCCC2)c1Br. The van der Waals surface area contributed by atoms with Gasteiger partial charge in [-0.3, -0.25) is 4.68 Å². The average molecular weight is 358 g/mol. The molecule has 1 saturated carbocycles. The molecule has 120 valence electrons. The van der Waals surface area contributed by atoms with E-state index in [2.05, 4.69) is 28.0 Å². The standard InChI is InChI=1S/C16H28BrN3O/c1-4-12-15(17)13(20(2)19-12)11-14(18)16(21-3)9-7-5-6-8-10-16/h14H,4-11,18H2,1-3H3. The van der Waals surface area contributed by atoms with Gasteiger partial charge in [0.25, 0.3) is 0 Å². The lowest BCUT2D eigenvalue weighted by molar-refractivity contribution is -0.0434. The summed E-state index contributed by atoms with van der Waals surface area (Å²) >= 11 is 3.69. The zero-order valence-electron chi connectivity index (χ0n) is 13.5. The Hall–Kier alpha value is -0.390. The normalized spacial score (nSPS) is 20.2. The second-order valence-corrected chi connectivity index (χ2v) is 6.97. The summed E-state index contributed by atoms with van der Waals surface area (Å²) in [7, 11) is 3.82. The molecule has 1 atom stereocenters. The van der Waals surface area contributed by atoms with Gasteiger partial charge < -0.3 is 10.5 Å². The lowest BCUT2D eigenvalue weighted by Gasteiger charge is -2.37. The third-order valence-electron chi connectivity index (χ3n) is 4.95. The van der Waals surface area contributed by atoms with E-state index in [9.17, 15) is 0 Å². The second-order valence-electron chi connectivity index (χ2n) is 6.18. The van der Waals surface area contributed by atoms with Crippen LogP contribution in [0.2, 0.25) is 0 Å². The molecule has 1 aliphatic rings. The van der Waals surface area contributed by atoms with Crippen molar-refractivity contribution in [3.8, 4) is 0 Å². The molecule has 2 rings (SSSR count). The number of aromatic nitrogens is 2. The molecule has 0 aliphatic heterocycles. The van der Waals surface area contributed by atoms with Crippen LogP contribution in [-0.4, -0.2) is 28.5 Å². The maximum atomic E-state index is 6.60. The number of hydrogen-bond donors (Lipinski definition) is 1. The van der Waals surface area contributed by atoms with E-state index in [0.29, 0.717) is 0 Å². The number of aryl methyl sites for hydroxylation is 2. The lowest BCUT2D eigenvalue weighted by Crippen LogP contribution is -2.50. The first-order valence-electron chi connectivity index (χ1n) is 8.05. The summed E-state index contributed by atoms with van der Waals surface area (Å²) in [4.78, 5) is 0. The molecule has 0 saturated heterocycles. The summed E-state index contributed by atoms with van der Waals surface area (Å²) in [6.07, 6.45) is 8.90. The highest BCUT2D eigenvalue weighted by Crippen LogP contribution is 2.34. The van der Waals surface area contributed by atoms with Crippen LogP contribution < -0.4 is 5.73 Å². The van der Waals surface area contributed by atoms with Crippen LogP contribution in [-0.2, 0) is 24.6 Å². The van der Waals surface area contributed by atoms with Crippen molar-refractivity contribution in [1.29, 1.82) is 0 Å². The van der Waals surface area contributed by atoms with E-state index in [1.54, 1.807) is 0 Å². The molecule has 0 radical (unpaired) electrons. The first-order valence-corrected chi connectivity index (χ1v) is 8.84. The van der Waals surface area contributed by atoms with Crippen LogP contribution in [0.3, 0.4) is 0 Å². The molecule has 5 heteroatoms. The van der Waals surface area contributed by atoms with E-state index in [0.717, 1.165) is 35.8 Å². The molecule has 0 aromatic carbocycles. The number of nitrogens with zero attached hydrogens (tertiary/aromatic N) is 2. The highest BCUT2D eigenvalue weighted by atomic mass is 79.9. The Labute approximate surface area is 136 Å². The molecular weight excluding hydrogens is 330 g/mol. The molecule has 1 heterocycles. The van der Waals surface area contributed by atoms with Gasteiger partial charge in [0, 0.05) is 26.6 Å². The Morgan fingerprint density at radius 2 is 1.95 bits per heavy atom. The van der Waals surface area contributed by atoms with Crippen LogP contribution in [0.1, 0.15) is 56.8 Å². The fourth-order valence-electron chi connectivity index (χ4n) is 3.49. The number of nitrogens with two attached hydrogens (primary N) is 1. The average Bonchev–Trinajstić information content (AvgIpc) is 2.69. The van der Waals surface area contributed by atoms with Gasteiger partial charge in [-0.2, -0.15) is 5.10 Å². The highest BCUT2D eigenvalue weighted by Gasteiger charge is 2.38. The Bertz CT molecular complexity index is 464. The lowest BCUT2D eigenvalue weighted by atomic mass is 9.84. The second kappa shape index (κ2) is 7.25. The topological polar surface area (TPSA) is 53.1 Å². The van der Waals surface area contributed by atoms with Gasteiger partial charge in [-0.25, -0.2) is 0 Å². The molecule has 1 aromatic rings. The van der Waals surface area contributed by atoms with Crippen molar-refractivity contribution in [1.82, 2.24) is 9.78 Å². The molecule has 1 unspecified atom stereocenters. The molecule has 0 bridgehead atoms.